The van der Waals surface area contributed by atoms with Gasteiger partial charge in [0.1, 0.15) is 0 Å². The van der Waals surface area contributed by atoms with Gasteiger partial charge in [0.25, 0.3) is 0 Å². The van der Waals surface area contributed by atoms with Crippen molar-refractivity contribution in [3.63, 3.8) is 0 Å². The van der Waals surface area contributed by atoms with E-state index in [1.807, 2.05) is 6.92 Å². The molecule has 102 valence electrons. The fourth-order valence-electron chi connectivity index (χ4n) is 2.99. The van der Waals surface area contributed by atoms with Crippen molar-refractivity contribution in [2.75, 3.05) is 0 Å². The van der Waals surface area contributed by atoms with Gasteiger partial charge in [-0.2, -0.15) is 0 Å². The zero-order valence-corrected chi connectivity index (χ0v) is 10.7. The minimum atomic E-state index is -0.110. The highest BCUT2D eigenvalue weighted by Crippen LogP contribution is 2.36. The summed E-state index contributed by atoms with van der Waals surface area (Å²) in [4.78, 5) is 0. The van der Waals surface area contributed by atoms with Gasteiger partial charge in [-0.25, -0.2) is 0 Å². The van der Waals surface area contributed by atoms with E-state index in [1.165, 1.54) is 38.5 Å². The Morgan fingerprint density at radius 1 is 1.19 bits per heavy atom. The number of hydrogen-bond donors (Lipinski definition) is 1. The second-order valence-corrected chi connectivity index (χ2v) is 5.61. The Bertz CT molecular complexity index is 166. The lowest BCUT2D eigenvalue weighted by Crippen LogP contribution is -2.21. The molecule has 1 aliphatic rings. The van der Waals surface area contributed by atoms with Crippen LogP contribution in [0.15, 0.2) is 0 Å². The quantitative estimate of drug-likeness (QED) is 0.697. The number of rotatable bonds is 5. The Morgan fingerprint density at radius 2 is 1.75 bits per heavy atom. The Morgan fingerprint density at radius 3 is 2.19 bits per heavy atom. The van der Waals surface area contributed by atoms with Crippen molar-refractivity contribution in [3.05, 3.63) is 0 Å². The molecule has 1 nitrogen and oxygen atoms in total. The van der Waals surface area contributed by atoms with Gasteiger partial charge in [0.2, 0.25) is 0 Å². The van der Waals surface area contributed by atoms with Crippen molar-refractivity contribution >= 4 is 0 Å². The minimum Gasteiger partial charge on any atom is -0.393 e. The SMILES string of the molecule is C.CCC(CCC(C)O)C1CCC(C)CC1.[HH].[HH]. The highest BCUT2D eigenvalue weighted by atomic mass is 16.3. The fourth-order valence-corrected chi connectivity index (χ4v) is 2.99. The van der Waals surface area contributed by atoms with E-state index in [9.17, 15) is 5.11 Å². The third-order valence-electron chi connectivity index (χ3n) is 4.21. The molecule has 1 aliphatic carbocycles. The zero-order valence-electron chi connectivity index (χ0n) is 10.7. The third kappa shape index (κ3) is 5.34. The maximum atomic E-state index is 9.34. The van der Waals surface area contributed by atoms with E-state index in [2.05, 4.69) is 13.8 Å². The van der Waals surface area contributed by atoms with Crippen molar-refractivity contribution in [3.8, 4) is 0 Å². The normalized spacial score (nSPS) is 29.2. The molecule has 0 amide bonds. The lowest BCUT2D eigenvalue weighted by Gasteiger charge is -2.32. The Kier molecular flexibility index (Phi) is 8.09. The molecular weight excluding hydrogens is 196 g/mol. The Labute approximate surface area is 106 Å². The number of aliphatic hydroxyl groups is 1. The minimum absolute atomic E-state index is 0. The van der Waals surface area contributed by atoms with Gasteiger partial charge in [-0.1, -0.05) is 40.5 Å². The first kappa shape index (κ1) is 16.0. The van der Waals surface area contributed by atoms with Gasteiger partial charge >= 0.3 is 0 Å². The maximum Gasteiger partial charge on any atom is 0.0512 e. The molecule has 1 fully saturated rings. The summed E-state index contributed by atoms with van der Waals surface area (Å²) >= 11 is 0. The second-order valence-electron chi connectivity index (χ2n) is 5.61. The molecule has 0 aromatic rings. The fraction of sp³-hybridized carbons (Fsp3) is 1.00. The predicted molar refractivity (Wildman–Crippen MR) is 76.8 cm³/mol. The summed E-state index contributed by atoms with van der Waals surface area (Å²) in [5, 5.41) is 9.34. The molecule has 0 saturated heterocycles. The highest BCUT2D eigenvalue weighted by Gasteiger charge is 2.24. The molecule has 1 rings (SSSR count). The molecule has 0 aromatic heterocycles. The summed E-state index contributed by atoms with van der Waals surface area (Å²) in [6, 6.07) is 0. The molecule has 0 aliphatic heterocycles. The molecule has 0 spiro atoms. The smallest absolute Gasteiger partial charge is 0.0512 e. The van der Waals surface area contributed by atoms with Crippen LogP contribution in [0, 0.1) is 17.8 Å². The highest BCUT2D eigenvalue weighted by molar-refractivity contribution is 4.76. The molecule has 0 heterocycles. The average Bonchev–Trinajstić information content (AvgIpc) is 2.21. The van der Waals surface area contributed by atoms with E-state index in [1.54, 1.807) is 0 Å². The third-order valence-corrected chi connectivity index (χ3v) is 4.21. The van der Waals surface area contributed by atoms with Crippen molar-refractivity contribution in [2.45, 2.75) is 79.2 Å². The monoisotopic (exact) mass is 232 g/mol. The molecule has 0 bridgehead atoms. The second kappa shape index (κ2) is 8.11. The van der Waals surface area contributed by atoms with Gasteiger partial charge in [-0.3, -0.25) is 0 Å². The van der Waals surface area contributed by atoms with Gasteiger partial charge in [0.05, 0.1) is 6.10 Å². The van der Waals surface area contributed by atoms with Gasteiger partial charge < -0.3 is 5.11 Å². The zero-order chi connectivity index (χ0) is 11.3. The summed E-state index contributed by atoms with van der Waals surface area (Å²) < 4.78 is 0. The van der Waals surface area contributed by atoms with Crippen LogP contribution in [0.1, 0.15) is 76.0 Å². The lowest BCUT2D eigenvalue weighted by molar-refractivity contribution is 0.146. The Balaban J connectivity index is -0.000000750. The molecule has 0 radical (unpaired) electrons. The number of hydrogen-bond acceptors (Lipinski definition) is 1. The van der Waals surface area contributed by atoms with Crippen LogP contribution in [0.25, 0.3) is 0 Å². The van der Waals surface area contributed by atoms with E-state index < -0.39 is 0 Å². The summed E-state index contributed by atoms with van der Waals surface area (Å²) in [5.74, 6) is 2.77. The largest absolute Gasteiger partial charge is 0.393 e. The van der Waals surface area contributed by atoms with Crippen LogP contribution in [0.4, 0.5) is 0 Å². The average molecular weight is 232 g/mol. The van der Waals surface area contributed by atoms with E-state index in [0.717, 1.165) is 24.2 Å². The van der Waals surface area contributed by atoms with E-state index in [-0.39, 0.29) is 16.4 Å². The molecule has 0 aromatic carbocycles. The summed E-state index contributed by atoms with van der Waals surface area (Å²) in [6.45, 7) is 6.60. The molecule has 1 heteroatoms. The van der Waals surface area contributed by atoms with Crippen LogP contribution < -0.4 is 0 Å². The van der Waals surface area contributed by atoms with E-state index in [0.29, 0.717) is 0 Å². The molecule has 2 atom stereocenters. The molecule has 1 N–H and O–H groups in total. The van der Waals surface area contributed by atoms with Crippen LogP contribution in [-0.2, 0) is 0 Å². The molecule has 2 unspecified atom stereocenters. The van der Waals surface area contributed by atoms with Crippen molar-refractivity contribution in [1.82, 2.24) is 0 Å². The van der Waals surface area contributed by atoms with Crippen molar-refractivity contribution < 1.29 is 7.96 Å². The predicted octanol–water partition coefficient (Wildman–Crippen LogP) is 5.13. The first-order valence-electron chi connectivity index (χ1n) is 6.81. The first-order valence-corrected chi connectivity index (χ1v) is 6.81. The molecule has 16 heavy (non-hydrogen) atoms. The number of aliphatic hydroxyl groups excluding tert-OH is 1. The van der Waals surface area contributed by atoms with Crippen molar-refractivity contribution in [2.24, 2.45) is 17.8 Å². The van der Waals surface area contributed by atoms with Crippen LogP contribution in [0.5, 0.6) is 0 Å². The van der Waals surface area contributed by atoms with Gasteiger partial charge in [-0.05, 0) is 50.4 Å². The first-order chi connectivity index (χ1) is 7.13. The molecule has 1 saturated carbocycles. The standard InChI is InChI=1S/C14H28O.CH4.2H2/c1-4-13(10-7-12(3)15)14-8-5-11(2)6-9-14;;;/h11-15H,4-10H2,1-3H3;1H4;2*1H. The summed E-state index contributed by atoms with van der Waals surface area (Å²) in [5.41, 5.74) is 0. The van der Waals surface area contributed by atoms with E-state index >= 15 is 0 Å². The van der Waals surface area contributed by atoms with E-state index in [4.69, 9.17) is 0 Å². The topological polar surface area (TPSA) is 20.2 Å². The van der Waals surface area contributed by atoms with Crippen LogP contribution in [0.3, 0.4) is 0 Å². The Hall–Kier alpha value is -0.0400. The van der Waals surface area contributed by atoms with Crippen molar-refractivity contribution in [1.29, 1.82) is 0 Å². The van der Waals surface area contributed by atoms with Crippen LogP contribution in [0.2, 0.25) is 0 Å². The van der Waals surface area contributed by atoms with Crippen LogP contribution >= 0.6 is 0 Å². The lowest BCUT2D eigenvalue weighted by atomic mass is 9.74. The summed E-state index contributed by atoms with van der Waals surface area (Å²) in [6.07, 6.45) is 9.12. The van der Waals surface area contributed by atoms with Gasteiger partial charge in [-0.15, -0.1) is 0 Å². The van der Waals surface area contributed by atoms with Crippen LogP contribution in [-0.4, -0.2) is 11.2 Å². The van der Waals surface area contributed by atoms with Gasteiger partial charge in [0, 0.05) is 2.85 Å². The van der Waals surface area contributed by atoms with Gasteiger partial charge in [0.15, 0.2) is 0 Å². The maximum absolute atomic E-state index is 9.34. The summed E-state index contributed by atoms with van der Waals surface area (Å²) in [7, 11) is 0. The molecular formula is C15H36O.